The molecule has 1 saturated heterocycles. The minimum Gasteiger partial charge on any atom is -0.496 e. The monoisotopic (exact) mass is 235 g/mol. The summed E-state index contributed by atoms with van der Waals surface area (Å²) in [6, 6.07) is 7.13. The third-order valence-corrected chi connectivity index (χ3v) is 2.89. The molecule has 0 radical (unpaired) electrons. The predicted molar refractivity (Wildman–Crippen MR) is 64.3 cm³/mol. The van der Waals surface area contributed by atoms with E-state index in [1.807, 2.05) is 12.1 Å². The lowest BCUT2D eigenvalue weighted by molar-refractivity contribution is 0.0226. The van der Waals surface area contributed by atoms with Crippen molar-refractivity contribution in [1.82, 2.24) is 5.32 Å². The van der Waals surface area contributed by atoms with Crippen molar-refractivity contribution in [2.45, 2.75) is 18.9 Å². The largest absolute Gasteiger partial charge is 0.496 e. The van der Waals surface area contributed by atoms with Crippen LogP contribution in [0.3, 0.4) is 0 Å². The summed E-state index contributed by atoms with van der Waals surface area (Å²) in [5, 5.41) is 3.23. The SMILES string of the molecule is COc1ccccc1C(=O)OC1CCNCC1. The van der Waals surface area contributed by atoms with E-state index in [1.165, 1.54) is 0 Å². The number of carbonyl (C=O) groups is 1. The molecule has 0 unspecified atom stereocenters. The van der Waals surface area contributed by atoms with Crippen LogP contribution in [-0.4, -0.2) is 32.3 Å². The zero-order chi connectivity index (χ0) is 12.1. The fraction of sp³-hybridized carbons (Fsp3) is 0.462. The Kier molecular flexibility index (Phi) is 3.98. The number of piperidine rings is 1. The molecule has 0 aliphatic carbocycles. The fourth-order valence-electron chi connectivity index (χ4n) is 1.94. The molecule has 1 aromatic rings. The normalized spacial score (nSPS) is 16.5. The van der Waals surface area contributed by atoms with Crippen LogP contribution in [0.15, 0.2) is 24.3 Å². The van der Waals surface area contributed by atoms with Crippen molar-refractivity contribution >= 4 is 5.97 Å². The molecule has 1 aliphatic rings. The van der Waals surface area contributed by atoms with E-state index in [0.717, 1.165) is 25.9 Å². The summed E-state index contributed by atoms with van der Waals surface area (Å²) < 4.78 is 10.6. The summed E-state index contributed by atoms with van der Waals surface area (Å²) in [6.07, 6.45) is 1.77. The van der Waals surface area contributed by atoms with Crippen LogP contribution in [0, 0.1) is 0 Å². The lowest BCUT2D eigenvalue weighted by atomic mass is 10.1. The van der Waals surface area contributed by atoms with Gasteiger partial charge in [-0.2, -0.15) is 0 Å². The van der Waals surface area contributed by atoms with Gasteiger partial charge in [0.25, 0.3) is 0 Å². The van der Waals surface area contributed by atoms with Gasteiger partial charge in [-0.05, 0) is 38.1 Å². The number of ether oxygens (including phenoxy) is 2. The van der Waals surface area contributed by atoms with Gasteiger partial charge in [-0.15, -0.1) is 0 Å². The molecule has 2 rings (SSSR count). The van der Waals surface area contributed by atoms with Gasteiger partial charge in [0.2, 0.25) is 0 Å². The van der Waals surface area contributed by atoms with E-state index in [-0.39, 0.29) is 12.1 Å². The average molecular weight is 235 g/mol. The second-order valence-corrected chi connectivity index (χ2v) is 4.05. The second kappa shape index (κ2) is 5.68. The quantitative estimate of drug-likeness (QED) is 0.808. The van der Waals surface area contributed by atoms with Crippen molar-refractivity contribution < 1.29 is 14.3 Å². The van der Waals surface area contributed by atoms with Crippen LogP contribution in [0.4, 0.5) is 0 Å². The van der Waals surface area contributed by atoms with Crippen LogP contribution in [0.1, 0.15) is 23.2 Å². The molecule has 0 bridgehead atoms. The van der Waals surface area contributed by atoms with E-state index in [9.17, 15) is 4.79 Å². The molecule has 0 spiro atoms. The molecule has 0 amide bonds. The summed E-state index contributed by atoms with van der Waals surface area (Å²) in [5.74, 6) is 0.265. The van der Waals surface area contributed by atoms with Gasteiger partial charge >= 0.3 is 5.97 Å². The minimum atomic E-state index is -0.297. The molecule has 4 nitrogen and oxygen atoms in total. The molecule has 0 atom stereocenters. The van der Waals surface area contributed by atoms with Crippen LogP contribution < -0.4 is 10.1 Å². The van der Waals surface area contributed by atoms with Gasteiger partial charge in [0.05, 0.1) is 7.11 Å². The van der Waals surface area contributed by atoms with Crippen molar-refractivity contribution in [3.8, 4) is 5.75 Å². The van der Waals surface area contributed by atoms with Crippen molar-refractivity contribution in [3.05, 3.63) is 29.8 Å². The van der Waals surface area contributed by atoms with E-state index < -0.39 is 0 Å². The Morgan fingerprint density at radius 2 is 2.00 bits per heavy atom. The van der Waals surface area contributed by atoms with E-state index in [4.69, 9.17) is 9.47 Å². The van der Waals surface area contributed by atoms with Gasteiger partial charge in [-0.25, -0.2) is 4.79 Å². The van der Waals surface area contributed by atoms with Gasteiger partial charge < -0.3 is 14.8 Å². The van der Waals surface area contributed by atoms with Crippen LogP contribution in [0.25, 0.3) is 0 Å². The van der Waals surface area contributed by atoms with Crippen molar-refractivity contribution in [3.63, 3.8) is 0 Å². The molecular formula is C13H17NO3. The summed E-state index contributed by atoms with van der Waals surface area (Å²) in [6.45, 7) is 1.81. The molecule has 4 heteroatoms. The molecule has 92 valence electrons. The van der Waals surface area contributed by atoms with Gasteiger partial charge in [-0.3, -0.25) is 0 Å². The molecule has 0 saturated carbocycles. The zero-order valence-electron chi connectivity index (χ0n) is 9.94. The van der Waals surface area contributed by atoms with Crippen molar-refractivity contribution in [2.75, 3.05) is 20.2 Å². The first kappa shape index (κ1) is 11.9. The number of rotatable bonds is 3. The number of methoxy groups -OCH3 is 1. The molecule has 1 N–H and O–H groups in total. The molecular weight excluding hydrogens is 218 g/mol. The number of para-hydroxylation sites is 1. The third kappa shape index (κ3) is 2.97. The maximum absolute atomic E-state index is 12.0. The number of nitrogens with one attached hydrogen (secondary N) is 1. The third-order valence-electron chi connectivity index (χ3n) is 2.89. The molecule has 0 aromatic heterocycles. The molecule has 1 aliphatic heterocycles. The topological polar surface area (TPSA) is 47.6 Å². The van der Waals surface area contributed by atoms with Gasteiger partial charge in [0.1, 0.15) is 17.4 Å². The smallest absolute Gasteiger partial charge is 0.342 e. The van der Waals surface area contributed by atoms with Crippen LogP contribution in [0.2, 0.25) is 0 Å². The van der Waals surface area contributed by atoms with Crippen molar-refractivity contribution in [1.29, 1.82) is 0 Å². The number of hydrogen-bond donors (Lipinski definition) is 1. The van der Waals surface area contributed by atoms with Crippen LogP contribution in [0.5, 0.6) is 5.75 Å². The molecule has 1 aromatic carbocycles. The van der Waals surface area contributed by atoms with E-state index >= 15 is 0 Å². The Balaban J connectivity index is 2.03. The average Bonchev–Trinajstić information content (AvgIpc) is 2.40. The molecule has 1 heterocycles. The predicted octanol–water partition coefficient (Wildman–Crippen LogP) is 1.60. The maximum Gasteiger partial charge on any atom is 0.342 e. The lowest BCUT2D eigenvalue weighted by Crippen LogP contribution is -2.33. The first-order valence-corrected chi connectivity index (χ1v) is 5.86. The summed E-state index contributed by atoms with van der Waals surface area (Å²) in [4.78, 5) is 12.0. The highest BCUT2D eigenvalue weighted by atomic mass is 16.5. The number of carbonyl (C=O) groups excluding carboxylic acids is 1. The van der Waals surface area contributed by atoms with Gasteiger partial charge in [-0.1, -0.05) is 12.1 Å². The van der Waals surface area contributed by atoms with Crippen LogP contribution in [-0.2, 0) is 4.74 Å². The Morgan fingerprint density at radius 1 is 1.29 bits per heavy atom. The molecule has 1 fully saturated rings. The summed E-state index contributed by atoms with van der Waals surface area (Å²) in [5.41, 5.74) is 0.494. The van der Waals surface area contributed by atoms with Crippen molar-refractivity contribution in [2.24, 2.45) is 0 Å². The van der Waals surface area contributed by atoms with E-state index in [1.54, 1.807) is 19.2 Å². The second-order valence-electron chi connectivity index (χ2n) is 4.05. The fourth-order valence-corrected chi connectivity index (χ4v) is 1.94. The van der Waals surface area contributed by atoms with Crippen LogP contribution >= 0.6 is 0 Å². The number of esters is 1. The summed E-state index contributed by atoms with van der Waals surface area (Å²) in [7, 11) is 1.55. The number of benzene rings is 1. The Hall–Kier alpha value is -1.55. The first-order chi connectivity index (χ1) is 8.31. The van der Waals surface area contributed by atoms with Gasteiger partial charge in [0, 0.05) is 0 Å². The van der Waals surface area contributed by atoms with E-state index in [2.05, 4.69) is 5.32 Å². The number of hydrogen-bond acceptors (Lipinski definition) is 4. The highest BCUT2D eigenvalue weighted by Crippen LogP contribution is 2.20. The summed E-state index contributed by atoms with van der Waals surface area (Å²) >= 11 is 0. The standard InChI is InChI=1S/C13H17NO3/c1-16-12-5-3-2-4-11(12)13(15)17-10-6-8-14-9-7-10/h2-5,10,14H,6-9H2,1H3. The highest BCUT2D eigenvalue weighted by molar-refractivity contribution is 5.92. The Bertz CT molecular complexity index is 386. The minimum absolute atomic E-state index is 0.0219. The first-order valence-electron chi connectivity index (χ1n) is 5.86. The Morgan fingerprint density at radius 3 is 2.71 bits per heavy atom. The lowest BCUT2D eigenvalue weighted by Gasteiger charge is -2.23. The maximum atomic E-state index is 12.0. The van der Waals surface area contributed by atoms with Gasteiger partial charge in [0.15, 0.2) is 0 Å². The Labute approximate surface area is 101 Å². The highest BCUT2D eigenvalue weighted by Gasteiger charge is 2.20. The zero-order valence-corrected chi connectivity index (χ0v) is 9.94. The van der Waals surface area contributed by atoms with E-state index in [0.29, 0.717) is 11.3 Å². The molecule has 17 heavy (non-hydrogen) atoms.